The maximum atomic E-state index is 14.7. The molecule has 0 unspecified atom stereocenters. The fraction of sp³-hybridized carbons (Fsp3) is 0.107. The van der Waals surface area contributed by atoms with E-state index in [1.165, 1.54) is 24.3 Å². The van der Waals surface area contributed by atoms with Crippen molar-refractivity contribution in [2.24, 2.45) is 5.14 Å². The van der Waals surface area contributed by atoms with Crippen molar-refractivity contribution in [1.29, 1.82) is 0 Å². The van der Waals surface area contributed by atoms with Gasteiger partial charge in [0.05, 0.1) is 10.6 Å². The number of halogens is 3. The molecule has 0 saturated carbocycles. The van der Waals surface area contributed by atoms with Gasteiger partial charge in [0.1, 0.15) is 0 Å². The van der Waals surface area contributed by atoms with Crippen LogP contribution in [0.2, 0.25) is 0 Å². The number of carboxylic acid groups (broad SMARTS) is 1. The SMILES string of the molecule is Cc1ccc(-c2cccc(-c3nn(-c4nc(C(=O)O)cs4)c(C(F)(F)F)c3Cc3ccc(S(N)(=O)=O)cc3)c2)cc1. The molecule has 0 radical (unpaired) electrons. The van der Waals surface area contributed by atoms with Crippen molar-refractivity contribution >= 4 is 27.3 Å². The summed E-state index contributed by atoms with van der Waals surface area (Å²) in [6.07, 6.45) is -5.16. The van der Waals surface area contributed by atoms with Crippen molar-refractivity contribution < 1.29 is 31.5 Å². The van der Waals surface area contributed by atoms with Crippen LogP contribution in [0.1, 0.15) is 32.9 Å². The zero-order valence-electron chi connectivity index (χ0n) is 21.3. The molecule has 0 saturated heterocycles. The minimum absolute atomic E-state index is 0.0221. The van der Waals surface area contributed by atoms with Gasteiger partial charge in [-0.1, -0.05) is 60.2 Å². The highest BCUT2D eigenvalue weighted by atomic mass is 32.2. The van der Waals surface area contributed by atoms with Gasteiger partial charge in [-0.3, -0.25) is 0 Å². The molecule has 0 atom stereocenters. The molecule has 5 rings (SSSR count). The molecule has 0 aliphatic rings. The molecule has 0 spiro atoms. The maximum absolute atomic E-state index is 14.7. The minimum Gasteiger partial charge on any atom is -0.476 e. The predicted molar refractivity (Wildman–Crippen MR) is 147 cm³/mol. The summed E-state index contributed by atoms with van der Waals surface area (Å²) in [5.41, 5.74) is 1.77. The number of benzene rings is 3. The lowest BCUT2D eigenvalue weighted by atomic mass is 9.96. The molecule has 8 nitrogen and oxygen atoms in total. The van der Waals surface area contributed by atoms with E-state index in [0.29, 0.717) is 15.8 Å². The normalized spacial score (nSPS) is 12.0. The number of thiazole rings is 1. The molecular weight excluding hydrogens is 577 g/mol. The Labute approximate surface area is 236 Å². The van der Waals surface area contributed by atoms with Crippen LogP contribution in [0.5, 0.6) is 0 Å². The van der Waals surface area contributed by atoms with Gasteiger partial charge >= 0.3 is 12.1 Å². The van der Waals surface area contributed by atoms with E-state index in [4.69, 9.17) is 5.14 Å². The van der Waals surface area contributed by atoms with Crippen LogP contribution in [-0.2, 0) is 22.6 Å². The number of aromatic carboxylic acids is 1. The molecule has 210 valence electrons. The van der Waals surface area contributed by atoms with Crippen LogP contribution in [-0.4, -0.2) is 34.3 Å². The number of aryl methyl sites for hydroxylation is 1. The smallest absolute Gasteiger partial charge is 0.433 e. The number of sulfonamides is 1. The van der Waals surface area contributed by atoms with E-state index in [9.17, 15) is 31.5 Å². The third kappa shape index (κ3) is 5.92. The van der Waals surface area contributed by atoms with E-state index in [-0.39, 0.29) is 27.7 Å². The first-order chi connectivity index (χ1) is 19.3. The van der Waals surface area contributed by atoms with Crippen molar-refractivity contribution in [3.8, 4) is 27.5 Å². The molecule has 2 heterocycles. The van der Waals surface area contributed by atoms with Gasteiger partial charge in [0, 0.05) is 22.9 Å². The summed E-state index contributed by atoms with van der Waals surface area (Å²) in [5.74, 6) is -1.38. The monoisotopic (exact) mass is 598 g/mol. The standard InChI is InChI=1S/C28H21F3N4O4S2/c1-16-5-9-18(10-6-16)19-3-2-4-20(14-19)24-22(13-17-7-11-21(12-8-17)41(32,38)39)25(28(29,30)31)35(34-24)27-33-23(15-40-27)26(36)37/h2-12,14-15H,13H2,1H3,(H,36,37)(H2,32,38,39). The van der Waals surface area contributed by atoms with E-state index in [1.54, 1.807) is 18.2 Å². The second-order valence-corrected chi connectivity index (χ2v) is 11.6. The predicted octanol–water partition coefficient (Wildman–Crippen LogP) is 5.93. The number of primary sulfonamides is 1. The van der Waals surface area contributed by atoms with Crippen LogP contribution in [0.4, 0.5) is 13.2 Å². The van der Waals surface area contributed by atoms with Gasteiger partial charge in [-0.05, 0) is 41.8 Å². The van der Waals surface area contributed by atoms with Crippen LogP contribution in [0.15, 0.2) is 83.1 Å². The number of hydrogen-bond donors (Lipinski definition) is 2. The number of alkyl halides is 3. The lowest BCUT2D eigenvalue weighted by Gasteiger charge is -2.12. The number of nitrogens with zero attached hydrogens (tertiary/aromatic N) is 3. The molecule has 3 aromatic carbocycles. The first-order valence-corrected chi connectivity index (χ1v) is 14.4. The van der Waals surface area contributed by atoms with Crippen LogP contribution >= 0.6 is 11.3 Å². The highest BCUT2D eigenvalue weighted by Crippen LogP contribution is 2.40. The zero-order chi connectivity index (χ0) is 29.5. The molecule has 2 aromatic heterocycles. The number of carbonyl (C=O) groups is 1. The quantitative estimate of drug-likeness (QED) is 0.239. The lowest BCUT2D eigenvalue weighted by Crippen LogP contribution is -2.16. The molecule has 5 aromatic rings. The lowest BCUT2D eigenvalue weighted by molar-refractivity contribution is -0.143. The summed E-state index contributed by atoms with van der Waals surface area (Å²) in [6.45, 7) is 1.95. The average Bonchev–Trinajstić information content (AvgIpc) is 3.55. The van der Waals surface area contributed by atoms with Gasteiger partial charge in [0.2, 0.25) is 15.2 Å². The Morgan fingerprint density at radius 1 is 1.00 bits per heavy atom. The van der Waals surface area contributed by atoms with Crippen LogP contribution in [0.25, 0.3) is 27.5 Å². The van der Waals surface area contributed by atoms with Crippen LogP contribution in [0, 0.1) is 6.92 Å². The Kier molecular flexibility index (Phi) is 7.28. The summed E-state index contributed by atoms with van der Waals surface area (Å²) in [6, 6.07) is 19.8. The fourth-order valence-corrected chi connectivity index (χ4v) is 5.60. The van der Waals surface area contributed by atoms with Gasteiger partial charge in [0.15, 0.2) is 11.4 Å². The number of nitrogens with two attached hydrogens (primary N) is 1. The third-order valence-electron chi connectivity index (χ3n) is 6.30. The van der Waals surface area contributed by atoms with Crippen molar-refractivity contribution in [2.45, 2.75) is 24.4 Å². The molecule has 0 bridgehead atoms. The summed E-state index contributed by atoms with van der Waals surface area (Å²) >= 11 is 0.719. The Balaban J connectivity index is 1.72. The topological polar surface area (TPSA) is 128 Å². The molecule has 13 heteroatoms. The number of rotatable bonds is 7. The Hall–Kier alpha value is -4.33. The van der Waals surface area contributed by atoms with Gasteiger partial charge in [0.25, 0.3) is 0 Å². The van der Waals surface area contributed by atoms with Crippen molar-refractivity contribution in [3.63, 3.8) is 0 Å². The molecule has 0 aliphatic heterocycles. The highest BCUT2D eigenvalue weighted by molar-refractivity contribution is 7.89. The van der Waals surface area contributed by atoms with Gasteiger partial charge in [-0.15, -0.1) is 11.3 Å². The number of aromatic nitrogens is 3. The van der Waals surface area contributed by atoms with Crippen molar-refractivity contribution in [3.05, 3.63) is 106 Å². The van der Waals surface area contributed by atoms with Crippen molar-refractivity contribution in [2.75, 3.05) is 0 Å². The average molecular weight is 599 g/mol. The molecule has 0 fully saturated rings. The van der Waals surface area contributed by atoms with E-state index in [2.05, 4.69) is 10.1 Å². The largest absolute Gasteiger partial charge is 0.476 e. The highest BCUT2D eigenvalue weighted by Gasteiger charge is 2.41. The zero-order valence-corrected chi connectivity index (χ0v) is 22.9. The second kappa shape index (κ2) is 10.6. The molecule has 3 N–H and O–H groups in total. The van der Waals surface area contributed by atoms with E-state index >= 15 is 0 Å². The Morgan fingerprint density at radius 2 is 1.66 bits per heavy atom. The molecular formula is C28H21F3N4O4S2. The number of carboxylic acids is 1. The van der Waals surface area contributed by atoms with Crippen LogP contribution in [0.3, 0.4) is 0 Å². The van der Waals surface area contributed by atoms with E-state index in [1.807, 2.05) is 37.3 Å². The number of hydrogen-bond acceptors (Lipinski definition) is 6. The fourth-order valence-electron chi connectivity index (χ4n) is 4.33. The Bertz CT molecular complexity index is 1860. The van der Waals surface area contributed by atoms with E-state index in [0.717, 1.165) is 33.4 Å². The Morgan fingerprint density at radius 3 is 2.24 bits per heavy atom. The minimum atomic E-state index is -4.90. The van der Waals surface area contributed by atoms with Crippen molar-refractivity contribution in [1.82, 2.24) is 14.8 Å². The molecule has 41 heavy (non-hydrogen) atoms. The van der Waals surface area contributed by atoms with Crippen LogP contribution < -0.4 is 5.14 Å². The first-order valence-electron chi connectivity index (χ1n) is 12.0. The molecule has 0 aliphatic carbocycles. The summed E-state index contributed by atoms with van der Waals surface area (Å²) in [5, 5.41) is 19.7. The van der Waals surface area contributed by atoms with Gasteiger partial charge in [-0.2, -0.15) is 18.3 Å². The summed E-state index contributed by atoms with van der Waals surface area (Å²) in [4.78, 5) is 15.1. The second-order valence-electron chi connectivity index (χ2n) is 9.22. The summed E-state index contributed by atoms with van der Waals surface area (Å²) < 4.78 is 68.1. The molecule has 0 amide bonds. The maximum Gasteiger partial charge on any atom is 0.433 e. The first kappa shape index (κ1) is 28.2. The van der Waals surface area contributed by atoms with E-state index < -0.39 is 33.6 Å². The third-order valence-corrected chi connectivity index (χ3v) is 8.04. The summed E-state index contributed by atoms with van der Waals surface area (Å²) in [7, 11) is -4.00. The van der Waals surface area contributed by atoms with Gasteiger partial charge in [-0.25, -0.2) is 28.0 Å². The van der Waals surface area contributed by atoms with Gasteiger partial charge < -0.3 is 5.11 Å².